The van der Waals surface area contributed by atoms with Gasteiger partial charge in [-0.3, -0.25) is 0 Å². The predicted molar refractivity (Wildman–Crippen MR) is 84.5 cm³/mol. The van der Waals surface area contributed by atoms with Gasteiger partial charge < -0.3 is 10.5 Å². The molecule has 0 radical (unpaired) electrons. The van der Waals surface area contributed by atoms with E-state index in [9.17, 15) is 0 Å². The third-order valence-corrected chi connectivity index (χ3v) is 3.20. The van der Waals surface area contributed by atoms with Gasteiger partial charge in [0.1, 0.15) is 10.5 Å². The van der Waals surface area contributed by atoms with Crippen molar-refractivity contribution in [1.82, 2.24) is 15.2 Å². The summed E-state index contributed by atoms with van der Waals surface area (Å²) < 4.78 is 5.84. The monoisotopic (exact) mass is 296 g/mol. The highest BCUT2D eigenvalue weighted by molar-refractivity contribution is 7.80. The molecule has 0 aliphatic heterocycles. The predicted octanol–water partition coefficient (Wildman–Crippen LogP) is 2.76. The quantitative estimate of drug-likeness (QED) is 0.749. The molecule has 2 aromatic heterocycles. The van der Waals surface area contributed by atoms with E-state index in [2.05, 4.69) is 15.2 Å². The summed E-state index contributed by atoms with van der Waals surface area (Å²) in [7, 11) is 0. The number of thiocarbonyl (C=S) groups is 1. The maximum absolute atomic E-state index is 5.84. The van der Waals surface area contributed by atoms with E-state index in [0.717, 1.165) is 16.6 Å². The van der Waals surface area contributed by atoms with Crippen molar-refractivity contribution in [3.63, 3.8) is 0 Å². The molecule has 0 saturated heterocycles. The largest absolute Gasteiger partial charge is 0.435 e. The fourth-order valence-corrected chi connectivity index (χ4v) is 2.14. The first kappa shape index (κ1) is 13.4. The van der Waals surface area contributed by atoms with Crippen LogP contribution in [0.4, 0.5) is 0 Å². The van der Waals surface area contributed by atoms with Gasteiger partial charge in [-0.25, -0.2) is 4.98 Å². The Morgan fingerprint density at radius 2 is 2.05 bits per heavy atom. The van der Waals surface area contributed by atoms with Gasteiger partial charge in [0.05, 0.1) is 11.8 Å². The third-order valence-electron chi connectivity index (χ3n) is 2.98. The zero-order valence-corrected chi connectivity index (χ0v) is 12.1. The van der Waals surface area contributed by atoms with Crippen molar-refractivity contribution in [2.75, 3.05) is 0 Å². The van der Waals surface area contributed by atoms with E-state index in [1.165, 1.54) is 6.20 Å². The Morgan fingerprint density at radius 1 is 1.19 bits per heavy atom. The van der Waals surface area contributed by atoms with Crippen LogP contribution in [0.2, 0.25) is 0 Å². The van der Waals surface area contributed by atoms with Gasteiger partial charge >= 0.3 is 0 Å². The SMILES string of the molecule is Cc1ccc2cccc(Oc3nnccc3C(N)=S)c2n1. The molecule has 0 fully saturated rings. The number of ether oxygens (including phenoxy) is 1. The first-order chi connectivity index (χ1) is 10.1. The minimum atomic E-state index is 0.212. The van der Waals surface area contributed by atoms with Crippen LogP contribution in [0, 0.1) is 6.92 Å². The molecular formula is C15H12N4OS. The first-order valence-electron chi connectivity index (χ1n) is 6.31. The van der Waals surface area contributed by atoms with E-state index >= 15 is 0 Å². The maximum Gasteiger partial charge on any atom is 0.249 e. The minimum absolute atomic E-state index is 0.212. The zero-order chi connectivity index (χ0) is 14.8. The summed E-state index contributed by atoms with van der Waals surface area (Å²) in [6.45, 7) is 1.93. The summed E-state index contributed by atoms with van der Waals surface area (Å²) in [6, 6.07) is 11.3. The number of aromatic nitrogens is 3. The average molecular weight is 296 g/mol. The fraction of sp³-hybridized carbons (Fsp3) is 0.0667. The van der Waals surface area contributed by atoms with Crippen LogP contribution >= 0.6 is 12.2 Å². The lowest BCUT2D eigenvalue weighted by atomic mass is 10.2. The van der Waals surface area contributed by atoms with E-state index in [0.29, 0.717) is 11.3 Å². The van der Waals surface area contributed by atoms with Gasteiger partial charge in [0, 0.05) is 11.1 Å². The van der Waals surface area contributed by atoms with Crippen LogP contribution < -0.4 is 10.5 Å². The Kier molecular flexibility index (Phi) is 3.45. The molecule has 0 saturated carbocycles. The molecule has 104 valence electrons. The van der Waals surface area contributed by atoms with Crippen molar-refractivity contribution >= 4 is 28.1 Å². The van der Waals surface area contributed by atoms with E-state index in [-0.39, 0.29) is 10.9 Å². The highest BCUT2D eigenvalue weighted by Crippen LogP contribution is 2.29. The third kappa shape index (κ3) is 2.66. The van der Waals surface area contributed by atoms with Crippen LogP contribution in [0.5, 0.6) is 11.6 Å². The van der Waals surface area contributed by atoms with E-state index in [1.807, 2.05) is 37.3 Å². The van der Waals surface area contributed by atoms with Gasteiger partial charge in [0.25, 0.3) is 0 Å². The lowest BCUT2D eigenvalue weighted by Crippen LogP contribution is -2.12. The number of nitrogens with zero attached hydrogens (tertiary/aromatic N) is 3. The summed E-state index contributed by atoms with van der Waals surface area (Å²) in [5, 5.41) is 8.75. The molecule has 0 amide bonds. The van der Waals surface area contributed by atoms with Crippen molar-refractivity contribution in [2.24, 2.45) is 5.73 Å². The van der Waals surface area contributed by atoms with Crippen LogP contribution in [-0.4, -0.2) is 20.2 Å². The summed E-state index contributed by atoms with van der Waals surface area (Å²) in [5.41, 5.74) is 7.89. The molecule has 2 heterocycles. The molecule has 0 atom stereocenters. The van der Waals surface area contributed by atoms with Crippen molar-refractivity contribution < 1.29 is 4.74 Å². The lowest BCUT2D eigenvalue weighted by Gasteiger charge is -2.10. The molecule has 0 spiro atoms. The second-order valence-corrected chi connectivity index (χ2v) is 4.94. The number of nitrogens with two attached hydrogens (primary N) is 1. The number of hydrogen-bond donors (Lipinski definition) is 1. The van der Waals surface area contributed by atoms with Gasteiger partial charge in [-0.1, -0.05) is 30.4 Å². The minimum Gasteiger partial charge on any atom is -0.435 e. The second-order valence-electron chi connectivity index (χ2n) is 4.50. The number of hydrogen-bond acceptors (Lipinski definition) is 5. The number of pyridine rings is 1. The molecule has 5 nitrogen and oxygen atoms in total. The lowest BCUT2D eigenvalue weighted by molar-refractivity contribution is 0.458. The van der Waals surface area contributed by atoms with E-state index in [4.69, 9.17) is 22.7 Å². The van der Waals surface area contributed by atoms with Crippen LogP contribution in [0.1, 0.15) is 11.3 Å². The topological polar surface area (TPSA) is 73.9 Å². The van der Waals surface area contributed by atoms with Crippen LogP contribution in [0.15, 0.2) is 42.6 Å². The van der Waals surface area contributed by atoms with Crippen molar-refractivity contribution in [1.29, 1.82) is 0 Å². The Balaban J connectivity index is 2.11. The molecule has 6 heteroatoms. The maximum atomic E-state index is 5.84. The smallest absolute Gasteiger partial charge is 0.249 e. The van der Waals surface area contributed by atoms with Crippen LogP contribution in [0.3, 0.4) is 0 Å². The second kappa shape index (κ2) is 5.41. The van der Waals surface area contributed by atoms with E-state index in [1.54, 1.807) is 6.07 Å². The number of fused-ring (bicyclic) bond motifs is 1. The standard InChI is InChI=1S/C15H12N4OS/c1-9-5-6-10-3-2-4-12(13(10)18-9)20-15-11(14(16)21)7-8-17-19-15/h2-8H,1H3,(H2,16,21). The first-order valence-corrected chi connectivity index (χ1v) is 6.72. The Labute approximate surface area is 126 Å². The van der Waals surface area contributed by atoms with Crippen molar-refractivity contribution in [2.45, 2.75) is 6.92 Å². The Morgan fingerprint density at radius 3 is 2.86 bits per heavy atom. The van der Waals surface area contributed by atoms with Crippen LogP contribution in [-0.2, 0) is 0 Å². The van der Waals surface area contributed by atoms with Gasteiger partial charge in [-0.2, -0.15) is 5.10 Å². The Hall–Kier alpha value is -2.60. The molecule has 0 aliphatic rings. The van der Waals surface area contributed by atoms with Crippen molar-refractivity contribution in [3.8, 4) is 11.6 Å². The molecule has 2 N–H and O–H groups in total. The molecular weight excluding hydrogens is 284 g/mol. The molecule has 3 aromatic rings. The van der Waals surface area contributed by atoms with Gasteiger partial charge in [0.15, 0.2) is 5.75 Å². The highest BCUT2D eigenvalue weighted by atomic mass is 32.1. The van der Waals surface area contributed by atoms with Gasteiger partial charge in [-0.15, -0.1) is 5.10 Å². The number of para-hydroxylation sites is 1. The summed E-state index contributed by atoms with van der Waals surface area (Å²) in [6.07, 6.45) is 1.52. The Bertz CT molecular complexity index is 835. The highest BCUT2D eigenvalue weighted by Gasteiger charge is 2.12. The fourth-order valence-electron chi connectivity index (χ4n) is 1.99. The van der Waals surface area contributed by atoms with Gasteiger partial charge in [0.2, 0.25) is 5.88 Å². The van der Waals surface area contributed by atoms with Crippen molar-refractivity contribution in [3.05, 3.63) is 53.9 Å². The molecule has 21 heavy (non-hydrogen) atoms. The summed E-state index contributed by atoms with van der Waals surface area (Å²) >= 11 is 5.00. The number of aryl methyl sites for hydroxylation is 1. The molecule has 0 unspecified atom stereocenters. The summed E-state index contributed by atoms with van der Waals surface area (Å²) in [4.78, 5) is 4.72. The zero-order valence-electron chi connectivity index (χ0n) is 11.3. The molecule has 1 aromatic carbocycles. The van der Waals surface area contributed by atoms with Crippen LogP contribution in [0.25, 0.3) is 10.9 Å². The molecule has 0 bridgehead atoms. The normalized spacial score (nSPS) is 10.5. The average Bonchev–Trinajstić information content (AvgIpc) is 2.48. The summed E-state index contributed by atoms with van der Waals surface area (Å²) in [5.74, 6) is 0.870. The van der Waals surface area contributed by atoms with E-state index < -0.39 is 0 Å². The molecule has 0 aliphatic carbocycles. The number of rotatable bonds is 3. The molecule has 3 rings (SSSR count). The van der Waals surface area contributed by atoms with Gasteiger partial charge in [-0.05, 0) is 25.1 Å². The number of benzene rings is 1.